The van der Waals surface area contributed by atoms with Crippen LogP contribution in [-0.4, -0.2) is 33.1 Å². The standard InChI is InChI=1S/C11H13BrClNO3S/c1-17-11-9(12)4-7(13)5-10(11)14-8-2-3-18(15,16)6-8/h4-5,8,14H,2-3,6H2,1H3. The first-order valence-electron chi connectivity index (χ1n) is 5.41. The van der Waals surface area contributed by atoms with Gasteiger partial charge in [0, 0.05) is 11.1 Å². The molecule has 0 aliphatic carbocycles. The van der Waals surface area contributed by atoms with Crippen LogP contribution in [0.15, 0.2) is 16.6 Å². The quantitative estimate of drug-likeness (QED) is 0.907. The summed E-state index contributed by atoms with van der Waals surface area (Å²) >= 11 is 9.34. The third-order valence-corrected chi connectivity index (χ3v) is 5.38. The highest BCUT2D eigenvalue weighted by molar-refractivity contribution is 9.10. The average molecular weight is 355 g/mol. The van der Waals surface area contributed by atoms with Crippen molar-refractivity contribution in [3.8, 4) is 5.75 Å². The molecule has 1 saturated heterocycles. The van der Waals surface area contributed by atoms with Crippen molar-refractivity contribution in [3.63, 3.8) is 0 Å². The lowest BCUT2D eigenvalue weighted by Crippen LogP contribution is -2.21. The maximum absolute atomic E-state index is 11.4. The van der Waals surface area contributed by atoms with Crippen LogP contribution in [0.4, 0.5) is 5.69 Å². The van der Waals surface area contributed by atoms with E-state index in [1.165, 1.54) is 0 Å². The Bertz CT molecular complexity index is 562. The van der Waals surface area contributed by atoms with Crippen LogP contribution in [0.2, 0.25) is 5.02 Å². The van der Waals surface area contributed by atoms with Crippen LogP contribution >= 0.6 is 27.5 Å². The van der Waals surface area contributed by atoms with E-state index >= 15 is 0 Å². The molecule has 1 aliphatic rings. The van der Waals surface area contributed by atoms with Crippen molar-refractivity contribution in [2.75, 3.05) is 23.9 Å². The Labute approximate surface area is 120 Å². The van der Waals surface area contributed by atoms with Gasteiger partial charge < -0.3 is 10.1 Å². The van der Waals surface area contributed by atoms with Gasteiger partial charge in [0.05, 0.1) is 28.8 Å². The van der Waals surface area contributed by atoms with Crippen LogP contribution in [0.3, 0.4) is 0 Å². The Morgan fingerprint density at radius 1 is 1.50 bits per heavy atom. The summed E-state index contributed by atoms with van der Waals surface area (Å²) in [7, 11) is -1.34. The highest BCUT2D eigenvalue weighted by Gasteiger charge is 2.28. The third kappa shape index (κ3) is 3.10. The molecule has 1 N–H and O–H groups in total. The highest BCUT2D eigenvalue weighted by Crippen LogP contribution is 2.37. The molecule has 4 nitrogen and oxygen atoms in total. The molecule has 1 fully saturated rings. The molecule has 1 aliphatic heterocycles. The van der Waals surface area contributed by atoms with E-state index in [9.17, 15) is 8.42 Å². The van der Waals surface area contributed by atoms with Crippen molar-refractivity contribution in [3.05, 3.63) is 21.6 Å². The van der Waals surface area contributed by atoms with Crippen LogP contribution < -0.4 is 10.1 Å². The number of anilines is 1. The number of ether oxygens (including phenoxy) is 1. The topological polar surface area (TPSA) is 55.4 Å². The van der Waals surface area contributed by atoms with Gasteiger partial charge in [-0.05, 0) is 34.5 Å². The van der Waals surface area contributed by atoms with E-state index in [0.717, 1.165) is 4.47 Å². The Balaban J connectivity index is 2.24. The van der Waals surface area contributed by atoms with Crippen molar-refractivity contribution >= 4 is 43.1 Å². The third-order valence-electron chi connectivity index (χ3n) is 2.80. The first kappa shape index (κ1) is 14.0. The van der Waals surface area contributed by atoms with Crippen molar-refractivity contribution < 1.29 is 13.2 Å². The number of sulfone groups is 1. The van der Waals surface area contributed by atoms with E-state index in [1.54, 1.807) is 19.2 Å². The molecule has 2 rings (SSSR count). The van der Waals surface area contributed by atoms with E-state index in [4.69, 9.17) is 16.3 Å². The lowest BCUT2D eigenvalue weighted by Gasteiger charge is -2.17. The molecule has 0 bridgehead atoms. The molecule has 0 radical (unpaired) electrons. The molecule has 0 spiro atoms. The monoisotopic (exact) mass is 353 g/mol. The Morgan fingerprint density at radius 3 is 2.78 bits per heavy atom. The molecule has 0 amide bonds. The summed E-state index contributed by atoms with van der Waals surface area (Å²) in [6.07, 6.45) is 0.607. The van der Waals surface area contributed by atoms with Gasteiger partial charge in [-0.15, -0.1) is 0 Å². The van der Waals surface area contributed by atoms with Gasteiger partial charge in [0.15, 0.2) is 15.6 Å². The summed E-state index contributed by atoms with van der Waals surface area (Å²) in [5.41, 5.74) is 0.707. The van der Waals surface area contributed by atoms with Gasteiger partial charge in [-0.2, -0.15) is 0 Å². The fraction of sp³-hybridized carbons (Fsp3) is 0.455. The largest absolute Gasteiger partial charge is 0.493 e. The van der Waals surface area contributed by atoms with Crippen molar-refractivity contribution in [1.82, 2.24) is 0 Å². The first-order valence-corrected chi connectivity index (χ1v) is 8.40. The second kappa shape index (κ2) is 5.27. The zero-order valence-corrected chi connectivity index (χ0v) is 12.9. The van der Waals surface area contributed by atoms with Crippen LogP contribution in [0.1, 0.15) is 6.42 Å². The maximum atomic E-state index is 11.4. The predicted molar refractivity (Wildman–Crippen MR) is 76.4 cm³/mol. The fourth-order valence-electron chi connectivity index (χ4n) is 2.00. The van der Waals surface area contributed by atoms with Crippen LogP contribution in [-0.2, 0) is 9.84 Å². The summed E-state index contributed by atoms with van der Waals surface area (Å²) in [5, 5.41) is 3.74. The van der Waals surface area contributed by atoms with E-state index in [1.807, 2.05) is 0 Å². The minimum Gasteiger partial charge on any atom is -0.493 e. The van der Waals surface area contributed by atoms with E-state index in [2.05, 4.69) is 21.2 Å². The summed E-state index contributed by atoms with van der Waals surface area (Å²) in [6, 6.07) is 3.38. The lowest BCUT2D eigenvalue weighted by atomic mass is 10.2. The maximum Gasteiger partial charge on any atom is 0.156 e. The van der Waals surface area contributed by atoms with Crippen LogP contribution in [0.5, 0.6) is 5.75 Å². The molecule has 1 aromatic carbocycles. The molecule has 1 unspecified atom stereocenters. The van der Waals surface area contributed by atoms with Gasteiger partial charge >= 0.3 is 0 Å². The van der Waals surface area contributed by atoms with Gasteiger partial charge in [0.1, 0.15) is 0 Å². The van der Waals surface area contributed by atoms with Gasteiger partial charge in [0.25, 0.3) is 0 Å². The summed E-state index contributed by atoms with van der Waals surface area (Å²) < 4.78 is 28.8. The molecule has 1 aromatic rings. The molecular formula is C11H13BrClNO3S. The number of rotatable bonds is 3. The van der Waals surface area contributed by atoms with E-state index < -0.39 is 9.84 Å². The fourth-order valence-corrected chi connectivity index (χ4v) is 4.65. The molecule has 0 aromatic heterocycles. The van der Waals surface area contributed by atoms with Crippen LogP contribution in [0.25, 0.3) is 0 Å². The number of nitrogens with one attached hydrogen (secondary N) is 1. The number of hydrogen-bond donors (Lipinski definition) is 1. The first-order chi connectivity index (χ1) is 8.41. The molecule has 1 heterocycles. The minimum atomic E-state index is -2.90. The van der Waals surface area contributed by atoms with Crippen molar-refractivity contribution in [1.29, 1.82) is 0 Å². The Hall–Kier alpha value is -0.460. The number of halogens is 2. The second-order valence-electron chi connectivity index (χ2n) is 4.21. The highest BCUT2D eigenvalue weighted by atomic mass is 79.9. The molecule has 1 atom stereocenters. The molecule has 7 heteroatoms. The summed E-state index contributed by atoms with van der Waals surface area (Å²) in [6.45, 7) is 0. The Kier molecular flexibility index (Phi) is 4.08. The summed E-state index contributed by atoms with van der Waals surface area (Å²) in [4.78, 5) is 0. The Morgan fingerprint density at radius 2 is 2.22 bits per heavy atom. The molecular weight excluding hydrogens is 342 g/mol. The van der Waals surface area contributed by atoms with Gasteiger partial charge in [-0.3, -0.25) is 0 Å². The second-order valence-corrected chi connectivity index (χ2v) is 7.73. The summed E-state index contributed by atoms with van der Waals surface area (Å²) in [5.74, 6) is 1.01. The number of benzene rings is 1. The SMILES string of the molecule is COc1c(Br)cc(Cl)cc1NC1CCS(=O)(=O)C1. The smallest absolute Gasteiger partial charge is 0.156 e. The lowest BCUT2D eigenvalue weighted by molar-refractivity contribution is 0.413. The molecule has 18 heavy (non-hydrogen) atoms. The van der Waals surface area contributed by atoms with Gasteiger partial charge in [0.2, 0.25) is 0 Å². The predicted octanol–water partition coefficient (Wildman–Crippen LogP) is 2.71. The number of hydrogen-bond acceptors (Lipinski definition) is 4. The van der Waals surface area contributed by atoms with E-state index in [-0.39, 0.29) is 17.5 Å². The minimum absolute atomic E-state index is 0.0886. The number of methoxy groups -OCH3 is 1. The van der Waals surface area contributed by atoms with Gasteiger partial charge in [-0.1, -0.05) is 11.6 Å². The average Bonchev–Trinajstić information content (AvgIpc) is 2.57. The van der Waals surface area contributed by atoms with Crippen LogP contribution in [0, 0.1) is 0 Å². The molecule has 0 saturated carbocycles. The zero-order valence-electron chi connectivity index (χ0n) is 9.74. The van der Waals surface area contributed by atoms with Crippen molar-refractivity contribution in [2.45, 2.75) is 12.5 Å². The normalized spacial score (nSPS) is 21.8. The zero-order chi connectivity index (χ0) is 13.3. The van der Waals surface area contributed by atoms with E-state index in [0.29, 0.717) is 22.9 Å². The van der Waals surface area contributed by atoms with Crippen molar-refractivity contribution in [2.24, 2.45) is 0 Å². The van der Waals surface area contributed by atoms with Gasteiger partial charge in [-0.25, -0.2) is 8.42 Å². The molecule has 100 valence electrons.